The van der Waals surface area contributed by atoms with Crippen LogP contribution in [0, 0.1) is 12.7 Å². The maximum atomic E-state index is 14.6. The van der Waals surface area contributed by atoms with Crippen molar-refractivity contribution in [2.75, 3.05) is 11.9 Å². The fraction of sp³-hybridized carbons (Fsp3) is 0.0909. The minimum Gasteiger partial charge on any atom is -0.321 e. The lowest BCUT2D eigenvalue weighted by atomic mass is 10.0. The van der Waals surface area contributed by atoms with E-state index < -0.39 is 11.7 Å². The van der Waals surface area contributed by atoms with Crippen LogP contribution in [0.3, 0.4) is 0 Å². The van der Waals surface area contributed by atoms with Crippen molar-refractivity contribution in [2.24, 2.45) is 9.98 Å². The zero-order valence-electron chi connectivity index (χ0n) is 15.2. The summed E-state index contributed by atoms with van der Waals surface area (Å²) < 4.78 is 14.6. The first-order valence-electron chi connectivity index (χ1n) is 8.82. The highest BCUT2D eigenvalue weighted by Crippen LogP contribution is 2.20. The van der Waals surface area contributed by atoms with Gasteiger partial charge in [0.2, 0.25) is 0 Å². The Hall–Kier alpha value is -3.67. The number of nitrogens with one attached hydrogen (secondary N) is 1. The fourth-order valence-electron chi connectivity index (χ4n) is 3.00. The summed E-state index contributed by atoms with van der Waals surface area (Å²) >= 11 is 0. The number of aryl methyl sites for hydroxylation is 1. The van der Waals surface area contributed by atoms with Crippen molar-refractivity contribution in [1.82, 2.24) is 4.98 Å². The van der Waals surface area contributed by atoms with Crippen molar-refractivity contribution in [3.8, 4) is 0 Å². The first-order valence-corrected chi connectivity index (χ1v) is 8.82. The van der Waals surface area contributed by atoms with Gasteiger partial charge in [0, 0.05) is 17.4 Å². The van der Waals surface area contributed by atoms with Crippen LogP contribution in [0.2, 0.25) is 0 Å². The summed E-state index contributed by atoms with van der Waals surface area (Å²) in [4.78, 5) is 25.0. The van der Waals surface area contributed by atoms with Gasteiger partial charge in [0.15, 0.2) is 5.84 Å². The molecule has 2 heterocycles. The summed E-state index contributed by atoms with van der Waals surface area (Å²) in [6.07, 6.45) is 1.53. The van der Waals surface area contributed by atoms with Gasteiger partial charge in [-0.1, -0.05) is 30.3 Å². The highest BCUT2D eigenvalue weighted by molar-refractivity contribution is 6.17. The third kappa shape index (κ3) is 3.57. The topological polar surface area (TPSA) is 66.7 Å². The molecule has 4 rings (SSSR count). The summed E-state index contributed by atoms with van der Waals surface area (Å²) in [6.45, 7) is 2.42. The summed E-state index contributed by atoms with van der Waals surface area (Å²) in [7, 11) is 0. The number of anilines is 1. The second-order valence-corrected chi connectivity index (χ2v) is 6.38. The second kappa shape index (κ2) is 7.52. The van der Waals surface area contributed by atoms with Gasteiger partial charge < -0.3 is 5.32 Å². The Labute approximate surface area is 161 Å². The predicted octanol–water partition coefficient (Wildman–Crippen LogP) is 4.03. The number of carbonyl (C=O) groups excluding carboxylic acids is 1. The molecule has 0 spiro atoms. The van der Waals surface area contributed by atoms with E-state index in [9.17, 15) is 9.18 Å². The Morgan fingerprint density at radius 2 is 1.86 bits per heavy atom. The molecule has 1 aromatic heterocycles. The van der Waals surface area contributed by atoms with Crippen LogP contribution in [0.25, 0.3) is 0 Å². The van der Waals surface area contributed by atoms with E-state index in [1.807, 2.05) is 31.2 Å². The van der Waals surface area contributed by atoms with Crippen LogP contribution in [0.5, 0.6) is 0 Å². The zero-order chi connectivity index (χ0) is 19.5. The minimum atomic E-state index is -0.493. The lowest BCUT2D eigenvalue weighted by molar-refractivity contribution is 0.102. The van der Waals surface area contributed by atoms with Crippen molar-refractivity contribution in [2.45, 2.75) is 6.92 Å². The number of benzene rings is 2. The number of aliphatic imine (C=N–C) groups is 2. The van der Waals surface area contributed by atoms with Gasteiger partial charge in [-0.15, -0.1) is 0 Å². The summed E-state index contributed by atoms with van der Waals surface area (Å²) in [5, 5.41) is 2.64. The number of halogens is 1. The molecule has 0 unspecified atom stereocenters. The Kier molecular flexibility index (Phi) is 4.76. The molecular weight excluding hydrogens is 355 g/mol. The van der Waals surface area contributed by atoms with Crippen LogP contribution in [0.1, 0.15) is 27.2 Å². The summed E-state index contributed by atoms with van der Waals surface area (Å²) in [5.74, 6) is -0.531. The van der Waals surface area contributed by atoms with Crippen molar-refractivity contribution < 1.29 is 9.18 Å². The predicted molar refractivity (Wildman–Crippen MR) is 108 cm³/mol. The molecule has 1 aliphatic heterocycles. The van der Waals surface area contributed by atoms with Gasteiger partial charge in [-0.25, -0.2) is 9.38 Å². The molecule has 3 aromatic rings. The van der Waals surface area contributed by atoms with Gasteiger partial charge >= 0.3 is 0 Å². The normalized spacial score (nSPS) is 13.1. The van der Waals surface area contributed by atoms with E-state index in [0.29, 0.717) is 23.6 Å². The van der Waals surface area contributed by atoms with Gasteiger partial charge in [0.1, 0.15) is 11.5 Å². The Balaban J connectivity index is 1.54. The van der Waals surface area contributed by atoms with E-state index in [2.05, 4.69) is 20.3 Å². The Bertz CT molecular complexity index is 1110. The van der Waals surface area contributed by atoms with Crippen molar-refractivity contribution in [1.29, 1.82) is 0 Å². The number of aromatic nitrogens is 1. The van der Waals surface area contributed by atoms with Gasteiger partial charge in [0.05, 0.1) is 17.8 Å². The van der Waals surface area contributed by atoms with E-state index in [1.54, 1.807) is 30.3 Å². The standard InChI is InChI=1S/C22H17FN4O/c1-14-6-2-3-7-16(14)20-13-25-21(27-20)17-10-9-15(12-18(17)23)26-22(28)19-8-4-5-11-24-19/h2-12H,13H2,1H3,(H,26,28). The van der Waals surface area contributed by atoms with Crippen LogP contribution in [-0.2, 0) is 0 Å². The molecular formula is C22H17FN4O. The molecule has 2 aromatic carbocycles. The Morgan fingerprint density at radius 3 is 2.61 bits per heavy atom. The summed E-state index contributed by atoms with van der Waals surface area (Å²) in [6, 6.07) is 17.4. The van der Waals surface area contributed by atoms with Crippen LogP contribution in [0.4, 0.5) is 10.1 Å². The average molecular weight is 372 g/mol. The number of amides is 1. The van der Waals surface area contributed by atoms with Gasteiger partial charge in [-0.2, -0.15) is 0 Å². The molecule has 5 nitrogen and oxygen atoms in total. The van der Waals surface area contributed by atoms with E-state index in [1.165, 1.54) is 12.3 Å². The Morgan fingerprint density at radius 1 is 1.04 bits per heavy atom. The number of hydrogen-bond donors (Lipinski definition) is 1. The molecule has 6 heteroatoms. The first kappa shape index (κ1) is 17.7. The van der Waals surface area contributed by atoms with Crippen molar-refractivity contribution in [3.63, 3.8) is 0 Å². The van der Waals surface area contributed by atoms with E-state index in [-0.39, 0.29) is 5.69 Å². The molecule has 0 aliphatic carbocycles. The molecule has 0 saturated heterocycles. The SMILES string of the molecule is Cc1ccccc1C1=NC(c2ccc(NC(=O)c3ccccn3)cc2F)=NC1. The van der Waals surface area contributed by atoms with Crippen molar-refractivity contribution in [3.05, 3.63) is 95.1 Å². The smallest absolute Gasteiger partial charge is 0.274 e. The van der Waals surface area contributed by atoms with Gasteiger partial charge in [-0.05, 0) is 42.8 Å². The molecule has 0 saturated carbocycles. The van der Waals surface area contributed by atoms with Crippen LogP contribution >= 0.6 is 0 Å². The van der Waals surface area contributed by atoms with E-state index in [4.69, 9.17) is 0 Å². The fourth-order valence-corrected chi connectivity index (χ4v) is 3.00. The zero-order valence-corrected chi connectivity index (χ0v) is 15.2. The molecule has 0 atom stereocenters. The molecule has 0 radical (unpaired) electrons. The largest absolute Gasteiger partial charge is 0.321 e. The summed E-state index contributed by atoms with van der Waals surface area (Å²) in [5.41, 5.74) is 3.85. The van der Waals surface area contributed by atoms with Gasteiger partial charge in [-0.3, -0.25) is 14.8 Å². The second-order valence-electron chi connectivity index (χ2n) is 6.38. The number of pyridine rings is 1. The van der Waals surface area contributed by atoms with Gasteiger partial charge in [0.25, 0.3) is 5.91 Å². The maximum absolute atomic E-state index is 14.6. The maximum Gasteiger partial charge on any atom is 0.274 e. The monoisotopic (exact) mass is 372 g/mol. The number of carbonyl (C=O) groups is 1. The number of nitrogens with zero attached hydrogens (tertiary/aromatic N) is 3. The average Bonchev–Trinajstić information content (AvgIpc) is 3.18. The number of amidine groups is 1. The highest BCUT2D eigenvalue weighted by atomic mass is 19.1. The van der Waals surface area contributed by atoms with E-state index in [0.717, 1.165) is 16.8 Å². The highest BCUT2D eigenvalue weighted by Gasteiger charge is 2.18. The lowest BCUT2D eigenvalue weighted by Crippen LogP contribution is -2.13. The molecule has 138 valence electrons. The van der Waals surface area contributed by atoms with Crippen LogP contribution < -0.4 is 5.32 Å². The molecule has 0 fully saturated rings. The van der Waals surface area contributed by atoms with Crippen molar-refractivity contribution >= 4 is 23.1 Å². The quantitative estimate of drug-likeness (QED) is 0.751. The first-order chi connectivity index (χ1) is 13.6. The third-order valence-corrected chi connectivity index (χ3v) is 4.44. The molecule has 1 aliphatic rings. The number of rotatable bonds is 4. The molecule has 28 heavy (non-hydrogen) atoms. The van der Waals surface area contributed by atoms with Crippen LogP contribution in [0.15, 0.2) is 76.8 Å². The molecule has 1 amide bonds. The lowest BCUT2D eigenvalue weighted by Gasteiger charge is -2.07. The van der Waals surface area contributed by atoms with Crippen LogP contribution in [-0.4, -0.2) is 29.0 Å². The minimum absolute atomic E-state index is 0.264. The molecule has 0 bridgehead atoms. The van der Waals surface area contributed by atoms with E-state index >= 15 is 0 Å². The number of hydrogen-bond acceptors (Lipinski definition) is 4. The molecule has 1 N–H and O–H groups in total. The third-order valence-electron chi connectivity index (χ3n) is 4.44.